The first kappa shape index (κ1) is 24.6. The molecule has 0 aromatic heterocycles. The van der Waals surface area contributed by atoms with Crippen LogP contribution in [0.25, 0.3) is 0 Å². The summed E-state index contributed by atoms with van der Waals surface area (Å²) in [7, 11) is 0. The van der Waals surface area contributed by atoms with Gasteiger partial charge in [-0.05, 0) is 56.0 Å². The van der Waals surface area contributed by atoms with Crippen LogP contribution >= 0.6 is 23.2 Å². The molecule has 1 aliphatic carbocycles. The van der Waals surface area contributed by atoms with Crippen molar-refractivity contribution in [3.63, 3.8) is 0 Å². The summed E-state index contributed by atoms with van der Waals surface area (Å²) in [6.45, 7) is 0.990. The van der Waals surface area contributed by atoms with E-state index < -0.39 is 0 Å². The average Bonchev–Trinajstić information content (AvgIpc) is 2.85. The SMILES string of the molecule is O=C(N[C@@H]1CCCCC1NC(=O)C1CCN(C(=O)c2ccc(Cl)cc2Cl)CC1)c1ccccc1. The fourth-order valence-electron chi connectivity index (χ4n) is 4.80. The van der Waals surface area contributed by atoms with Crippen molar-refractivity contribution < 1.29 is 14.4 Å². The van der Waals surface area contributed by atoms with E-state index in [1.807, 2.05) is 18.2 Å². The van der Waals surface area contributed by atoms with Gasteiger partial charge in [-0.15, -0.1) is 0 Å². The zero-order chi connectivity index (χ0) is 24.1. The third kappa shape index (κ3) is 5.91. The Morgan fingerprint density at radius 1 is 0.824 bits per heavy atom. The quantitative estimate of drug-likeness (QED) is 0.622. The normalized spacial score (nSPS) is 21.1. The molecule has 0 spiro atoms. The summed E-state index contributed by atoms with van der Waals surface area (Å²) in [5.41, 5.74) is 1.05. The molecule has 34 heavy (non-hydrogen) atoms. The number of nitrogens with one attached hydrogen (secondary N) is 2. The highest BCUT2D eigenvalue weighted by atomic mass is 35.5. The van der Waals surface area contributed by atoms with Crippen LogP contribution in [0.1, 0.15) is 59.2 Å². The lowest BCUT2D eigenvalue weighted by Crippen LogP contribution is -2.55. The molecule has 1 saturated heterocycles. The van der Waals surface area contributed by atoms with Gasteiger partial charge in [-0.2, -0.15) is 0 Å². The molecule has 0 bridgehead atoms. The highest BCUT2D eigenvalue weighted by Crippen LogP contribution is 2.26. The number of likely N-dealkylation sites (tertiary alicyclic amines) is 1. The number of carbonyl (C=O) groups is 3. The van der Waals surface area contributed by atoms with E-state index in [2.05, 4.69) is 10.6 Å². The van der Waals surface area contributed by atoms with Crippen LogP contribution < -0.4 is 10.6 Å². The Kier molecular flexibility index (Phi) is 8.11. The van der Waals surface area contributed by atoms with Gasteiger partial charge in [0, 0.05) is 41.7 Å². The van der Waals surface area contributed by atoms with Crippen molar-refractivity contribution in [2.24, 2.45) is 5.92 Å². The monoisotopic (exact) mass is 501 g/mol. The van der Waals surface area contributed by atoms with Crippen LogP contribution in [0.15, 0.2) is 48.5 Å². The van der Waals surface area contributed by atoms with E-state index in [1.54, 1.807) is 35.2 Å². The molecule has 2 aliphatic rings. The van der Waals surface area contributed by atoms with Gasteiger partial charge in [0.05, 0.1) is 10.6 Å². The predicted molar refractivity (Wildman–Crippen MR) is 133 cm³/mol. The van der Waals surface area contributed by atoms with Gasteiger partial charge in [0.1, 0.15) is 0 Å². The minimum absolute atomic E-state index is 0.00230. The number of rotatable bonds is 5. The molecule has 2 fully saturated rings. The Balaban J connectivity index is 1.31. The first-order valence-corrected chi connectivity index (χ1v) is 12.6. The minimum Gasteiger partial charge on any atom is -0.351 e. The number of nitrogens with zero attached hydrogens (tertiary/aromatic N) is 1. The summed E-state index contributed by atoms with van der Waals surface area (Å²) >= 11 is 12.1. The van der Waals surface area contributed by atoms with Crippen molar-refractivity contribution in [3.8, 4) is 0 Å². The minimum atomic E-state index is -0.155. The number of halogens is 2. The molecule has 2 aromatic rings. The fourth-order valence-corrected chi connectivity index (χ4v) is 5.29. The number of hydrogen-bond donors (Lipinski definition) is 2. The second-order valence-corrected chi connectivity index (χ2v) is 9.88. The topological polar surface area (TPSA) is 78.5 Å². The summed E-state index contributed by atoms with van der Waals surface area (Å²) in [4.78, 5) is 40.3. The van der Waals surface area contributed by atoms with E-state index >= 15 is 0 Å². The lowest BCUT2D eigenvalue weighted by atomic mass is 9.88. The summed E-state index contributed by atoms with van der Waals surface area (Å²) in [6, 6.07) is 13.8. The summed E-state index contributed by atoms with van der Waals surface area (Å²) in [5.74, 6) is -0.407. The average molecular weight is 502 g/mol. The predicted octanol–water partition coefficient (Wildman–Crippen LogP) is 4.70. The van der Waals surface area contributed by atoms with Crippen molar-refractivity contribution in [2.75, 3.05) is 13.1 Å². The van der Waals surface area contributed by atoms with Gasteiger partial charge in [-0.25, -0.2) is 0 Å². The van der Waals surface area contributed by atoms with Crippen LogP contribution in [-0.4, -0.2) is 47.8 Å². The van der Waals surface area contributed by atoms with Gasteiger partial charge in [0.15, 0.2) is 0 Å². The van der Waals surface area contributed by atoms with E-state index in [0.29, 0.717) is 47.1 Å². The Hall–Kier alpha value is -2.57. The van der Waals surface area contributed by atoms with Gasteiger partial charge < -0.3 is 15.5 Å². The molecule has 8 heteroatoms. The van der Waals surface area contributed by atoms with Crippen molar-refractivity contribution in [3.05, 3.63) is 69.7 Å². The number of hydrogen-bond acceptors (Lipinski definition) is 3. The molecule has 6 nitrogen and oxygen atoms in total. The molecular weight excluding hydrogens is 473 g/mol. The summed E-state index contributed by atoms with van der Waals surface area (Å²) in [6.07, 6.45) is 4.93. The van der Waals surface area contributed by atoms with Gasteiger partial charge >= 0.3 is 0 Å². The van der Waals surface area contributed by atoms with E-state index in [-0.39, 0.29) is 35.7 Å². The molecule has 2 N–H and O–H groups in total. The lowest BCUT2D eigenvalue weighted by molar-refractivity contribution is -0.127. The van der Waals surface area contributed by atoms with Crippen LogP contribution in [0.3, 0.4) is 0 Å². The number of piperidine rings is 1. The highest BCUT2D eigenvalue weighted by molar-refractivity contribution is 6.36. The smallest absolute Gasteiger partial charge is 0.255 e. The van der Waals surface area contributed by atoms with Crippen molar-refractivity contribution in [1.82, 2.24) is 15.5 Å². The second-order valence-electron chi connectivity index (χ2n) is 9.04. The van der Waals surface area contributed by atoms with Gasteiger partial charge in [0.2, 0.25) is 5.91 Å². The maximum Gasteiger partial charge on any atom is 0.255 e. The Bertz CT molecular complexity index is 1040. The standard InChI is InChI=1S/C26H29Cl2N3O3/c27-19-10-11-20(21(28)16-19)26(34)31-14-12-18(13-15-31)25(33)30-23-9-5-4-8-22(23)29-24(32)17-6-2-1-3-7-17/h1-3,6-7,10-11,16,18,22-23H,4-5,8-9,12-15H2,(H,29,32)(H,30,33)/t22-,23?/m1/s1. The molecule has 0 radical (unpaired) electrons. The zero-order valence-electron chi connectivity index (χ0n) is 18.9. The molecule has 1 aliphatic heterocycles. The van der Waals surface area contributed by atoms with Gasteiger partial charge in [-0.3, -0.25) is 14.4 Å². The number of amides is 3. The Labute approximate surface area is 210 Å². The second kappa shape index (κ2) is 11.2. The first-order valence-electron chi connectivity index (χ1n) is 11.8. The van der Waals surface area contributed by atoms with Crippen LogP contribution in [0.4, 0.5) is 0 Å². The van der Waals surface area contributed by atoms with Gasteiger partial charge in [-0.1, -0.05) is 54.2 Å². The molecule has 3 amide bonds. The lowest BCUT2D eigenvalue weighted by Gasteiger charge is -2.36. The maximum atomic E-state index is 13.0. The molecule has 4 rings (SSSR count). The van der Waals surface area contributed by atoms with Crippen molar-refractivity contribution in [1.29, 1.82) is 0 Å². The van der Waals surface area contributed by atoms with E-state index in [0.717, 1.165) is 25.7 Å². The zero-order valence-corrected chi connectivity index (χ0v) is 20.4. The van der Waals surface area contributed by atoms with E-state index in [9.17, 15) is 14.4 Å². The van der Waals surface area contributed by atoms with Crippen molar-refractivity contribution >= 4 is 40.9 Å². The van der Waals surface area contributed by atoms with Crippen LogP contribution in [-0.2, 0) is 4.79 Å². The first-order chi connectivity index (χ1) is 16.4. The fraction of sp³-hybridized carbons (Fsp3) is 0.423. The third-order valence-corrected chi connectivity index (χ3v) is 7.31. The molecule has 2 atom stereocenters. The molecule has 180 valence electrons. The molecule has 1 unspecified atom stereocenters. The molecule has 1 heterocycles. The summed E-state index contributed by atoms with van der Waals surface area (Å²) in [5, 5.41) is 7.12. The Morgan fingerprint density at radius 3 is 2.12 bits per heavy atom. The number of carbonyl (C=O) groups excluding carboxylic acids is 3. The summed E-state index contributed by atoms with van der Waals surface area (Å²) < 4.78 is 0. The highest BCUT2D eigenvalue weighted by Gasteiger charge is 2.33. The van der Waals surface area contributed by atoms with Crippen LogP contribution in [0, 0.1) is 5.92 Å². The van der Waals surface area contributed by atoms with Gasteiger partial charge in [0.25, 0.3) is 11.8 Å². The molecular formula is C26H29Cl2N3O3. The number of benzene rings is 2. The van der Waals surface area contributed by atoms with E-state index in [4.69, 9.17) is 23.2 Å². The van der Waals surface area contributed by atoms with Crippen LogP contribution in [0.5, 0.6) is 0 Å². The Morgan fingerprint density at radius 2 is 1.47 bits per heavy atom. The molecule has 1 saturated carbocycles. The van der Waals surface area contributed by atoms with E-state index in [1.165, 1.54) is 0 Å². The largest absolute Gasteiger partial charge is 0.351 e. The van der Waals surface area contributed by atoms with Crippen LogP contribution in [0.2, 0.25) is 10.0 Å². The van der Waals surface area contributed by atoms with Crippen molar-refractivity contribution in [2.45, 2.75) is 50.6 Å². The maximum absolute atomic E-state index is 13.0. The molecule has 2 aromatic carbocycles. The third-order valence-electron chi connectivity index (χ3n) is 6.76.